The minimum atomic E-state index is -3.85. The van der Waals surface area contributed by atoms with Crippen LogP contribution in [0.3, 0.4) is 0 Å². The van der Waals surface area contributed by atoms with Crippen molar-refractivity contribution in [3.05, 3.63) is 93.0 Å². The van der Waals surface area contributed by atoms with E-state index in [1.54, 1.807) is 19.1 Å². The Kier molecular flexibility index (Phi) is 6.04. The summed E-state index contributed by atoms with van der Waals surface area (Å²) in [4.78, 5) is 22.4. The van der Waals surface area contributed by atoms with Gasteiger partial charge in [0, 0.05) is 28.4 Å². The number of benzene rings is 3. The zero-order valence-corrected chi connectivity index (χ0v) is 17.2. The number of nitrogens with one attached hydrogen (secondary N) is 2. The first-order valence-corrected chi connectivity index (χ1v) is 10.5. The molecule has 0 spiro atoms. The van der Waals surface area contributed by atoms with E-state index in [0.717, 1.165) is 5.56 Å². The number of rotatable bonds is 6. The third-order valence-corrected chi connectivity index (χ3v) is 5.82. The van der Waals surface area contributed by atoms with Crippen LogP contribution in [0.15, 0.2) is 71.6 Å². The Bertz CT molecular complexity index is 1210. The van der Waals surface area contributed by atoms with Crippen LogP contribution in [-0.4, -0.2) is 19.2 Å². The highest BCUT2D eigenvalue weighted by molar-refractivity contribution is 7.92. The van der Waals surface area contributed by atoms with Crippen LogP contribution in [-0.2, 0) is 10.0 Å². The van der Waals surface area contributed by atoms with Crippen molar-refractivity contribution in [2.45, 2.75) is 11.8 Å². The van der Waals surface area contributed by atoms with Crippen LogP contribution in [0.4, 0.5) is 17.1 Å². The van der Waals surface area contributed by atoms with Crippen LogP contribution in [0.2, 0.25) is 5.02 Å². The Morgan fingerprint density at radius 1 is 1.00 bits per heavy atom. The van der Waals surface area contributed by atoms with Gasteiger partial charge in [0.2, 0.25) is 0 Å². The fourth-order valence-electron chi connectivity index (χ4n) is 2.56. The van der Waals surface area contributed by atoms with Crippen molar-refractivity contribution in [2.75, 3.05) is 10.0 Å². The maximum Gasteiger partial charge on any atom is 0.269 e. The van der Waals surface area contributed by atoms with Crippen molar-refractivity contribution >= 4 is 44.6 Å². The van der Waals surface area contributed by atoms with Crippen molar-refractivity contribution in [1.29, 1.82) is 0 Å². The molecule has 10 heteroatoms. The number of hydrogen-bond donors (Lipinski definition) is 2. The molecule has 0 radical (unpaired) electrons. The molecule has 0 saturated carbocycles. The molecular formula is C20H16ClN3O5S. The van der Waals surface area contributed by atoms with Gasteiger partial charge in [-0.2, -0.15) is 0 Å². The number of nitro benzene ring substituents is 1. The number of anilines is 2. The normalized spacial score (nSPS) is 11.0. The molecule has 3 rings (SSSR count). The summed E-state index contributed by atoms with van der Waals surface area (Å²) in [7, 11) is -3.85. The Balaban J connectivity index is 1.73. The molecule has 8 nitrogen and oxygen atoms in total. The lowest BCUT2D eigenvalue weighted by molar-refractivity contribution is -0.384. The number of halogens is 1. The predicted octanol–water partition coefficient (Wildman–Crippen LogP) is 4.61. The lowest BCUT2D eigenvalue weighted by Gasteiger charge is -2.12. The lowest BCUT2D eigenvalue weighted by atomic mass is 10.2. The molecule has 0 heterocycles. The van der Waals surface area contributed by atoms with Gasteiger partial charge in [-0.3, -0.25) is 19.6 Å². The van der Waals surface area contributed by atoms with Crippen LogP contribution < -0.4 is 10.0 Å². The molecule has 0 saturated heterocycles. The minimum absolute atomic E-state index is 0.00945. The fraction of sp³-hybridized carbons (Fsp3) is 0.0500. The van der Waals surface area contributed by atoms with Crippen molar-refractivity contribution in [3.8, 4) is 0 Å². The summed E-state index contributed by atoms with van der Waals surface area (Å²) in [5.41, 5.74) is 1.57. The first kappa shape index (κ1) is 21.3. The summed E-state index contributed by atoms with van der Waals surface area (Å²) in [6, 6.07) is 15.6. The topological polar surface area (TPSA) is 118 Å². The average molecular weight is 446 g/mol. The molecule has 0 aliphatic rings. The Morgan fingerprint density at radius 3 is 2.23 bits per heavy atom. The number of aryl methyl sites for hydroxylation is 1. The third kappa shape index (κ3) is 4.94. The molecule has 154 valence electrons. The SMILES string of the molecule is Cc1ccc(Cl)cc1NS(=O)(=O)c1ccc(NC(=O)c2ccc([N+](=O)[O-])cc2)cc1. The minimum Gasteiger partial charge on any atom is -0.322 e. The number of sulfonamides is 1. The second-order valence-electron chi connectivity index (χ2n) is 6.35. The maximum atomic E-state index is 12.6. The highest BCUT2D eigenvalue weighted by Crippen LogP contribution is 2.24. The highest BCUT2D eigenvalue weighted by Gasteiger charge is 2.16. The highest BCUT2D eigenvalue weighted by atomic mass is 35.5. The molecule has 0 bridgehead atoms. The molecule has 0 aliphatic carbocycles. The lowest BCUT2D eigenvalue weighted by Crippen LogP contribution is -2.14. The van der Waals surface area contributed by atoms with Gasteiger partial charge >= 0.3 is 0 Å². The molecular weight excluding hydrogens is 430 g/mol. The zero-order valence-electron chi connectivity index (χ0n) is 15.6. The summed E-state index contributed by atoms with van der Waals surface area (Å²) in [6.45, 7) is 1.75. The van der Waals surface area contributed by atoms with E-state index in [1.807, 2.05) is 0 Å². The summed E-state index contributed by atoms with van der Waals surface area (Å²) >= 11 is 5.93. The number of nitro groups is 1. The number of non-ortho nitro benzene ring substituents is 1. The van der Waals surface area contributed by atoms with Gasteiger partial charge in [-0.05, 0) is 61.0 Å². The Labute approximate surface area is 177 Å². The van der Waals surface area contributed by atoms with Gasteiger partial charge < -0.3 is 5.32 Å². The van der Waals surface area contributed by atoms with Gasteiger partial charge in [0.25, 0.3) is 21.6 Å². The summed E-state index contributed by atoms with van der Waals surface area (Å²) in [5.74, 6) is -0.479. The third-order valence-electron chi connectivity index (χ3n) is 4.21. The van der Waals surface area contributed by atoms with Crippen LogP contribution >= 0.6 is 11.6 Å². The van der Waals surface area contributed by atoms with Gasteiger partial charge in [0.05, 0.1) is 15.5 Å². The van der Waals surface area contributed by atoms with E-state index >= 15 is 0 Å². The molecule has 2 N–H and O–H groups in total. The van der Waals surface area contributed by atoms with E-state index in [1.165, 1.54) is 54.6 Å². The van der Waals surface area contributed by atoms with Gasteiger partial charge in [0.15, 0.2) is 0 Å². The van der Waals surface area contributed by atoms with Crippen molar-refractivity contribution in [2.24, 2.45) is 0 Å². The van der Waals surface area contributed by atoms with E-state index in [0.29, 0.717) is 16.4 Å². The Morgan fingerprint density at radius 2 is 1.63 bits per heavy atom. The van der Waals surface area contributed by atoms with Gasteiger partial charge in [-0.25, -0.2) is 8.42 Å². The molecule has 0 unspecified atom stereocenters. The summed E-state index contributed by atoms with van der Waals surface area (Å²) < 4.78 is 27.7. The smallest absolute Gasteiger partial charge is 0.269 e. The standard InChI is InChI=1S/C20H16ClN3O5S/c1-13-2-5-15(21)12-19(13)23-30(28,29)18-10-6-16(7-11-18)22-20(25)14-3-8-17(9-4-14)24(26)27/h2-12,23H,1H3,(H,22,25). The average Bonchev–Trinajstić information content (AvgIpc) is 2.71. The molecule has 1 amide bonds. The van der Waals surface area contributed by atoms with Gasteiger partial charge in [-0.1, -0.05) is 17.7 Å². The number of carbonyl (C=O) groups is 1. The molecule has 0 fully saturated rings. The van der Waals surface area contributed by atoms with Gasteiger partial charge in [0.1, 0.15) is 0 Å². The van der Waals surface area contributed by atoms with Crippen molar-refractivity contribution in [1.82, 2.24) is 0 Å². The summed E-state index contributed by atoms with van der Waals surface area (Å²) in [5, 5.41) is 13.7. The van der Waals surface area contributed by atoms with E-state index < -0.39 is 20.9 Å². The van der Waals surface area contributed by atoms with E-state index in [2.05, 4.69) is 10.0 Å². The molecule has 0 aliphatic heterocycles. The first-order chi connectivity index (χ1) is 14.2. The molecule has 30 heavy (non-hydrogen) atoms. The van der Waals surface area contributed by atoms with Crippen LogP contribution in [0.1, 0.15) is 15.9 Å². The van der Waals surface area contributed by atoms with Crippen molar-refractivity contribution in [3.63, 3.8) is 0 Å². The first-order valence-electron chi connectivity index (χ1n) is 8.60. The number of amides is 1. The molecule has 3 aromatic carbocycles. The largest absolute Gasteiger partial charge is 0.322 e. The Hall–Kier alpha value is -3.43. The monoisotopic (exact) mass is 445 g/mol. The number of carbonyl (C=O) groups excluding carboxylic acids is 1. The second kappa shape index (κ2) is 8.52. The summed E-state index contributed by atoms with van der Waals surface area (Å²) in [6.07, 6.45) is 0. The predicted molar refractivity (Wildman–Crippen MR) is 114 cm³/mol. The molecule has 3 aromatic rings. The fourth-order valence-corrected chi connectivity index (χ4v) is 3.86. The number of nitrogens with zero attached hydrogens (tertiary/aromatic N) is 1. The van der Waals surface area contributed by atoms with Crippen LogP contribution in [0.25, 0.3) is 0 Å². The van der Waals surface area contributed by atoms with Crippen LogP contribution in [0.5, 0.6) is 0 Å². The van der Waals surface area contributed by atoms with Gasteiger partial charge in [-0.15, -0.1) is 0 Å². The zero-order chi connectivity index (χ0) is 21.9. The quantitative estimate of drug-likeness (QED) is 0.424. The van der Waals surface area contributed by atoms with Crippen molar-refractivity contribution < 1.29 is 18.1 Å². The van der Waals surface area contributed by atoms with E-state index in [9.17, 15) is 23.3 Å². The molecule has 0 aromatic heterocycles. The van der Waals surface area contributed by atoms with E-state index in [-0.39, 0.29) is 16.1 Å². The molecule has 0 atom stereocenters. The van der Waals surface area contributed by atoms with E-state index in [4.69, 9.17) is 11.6 Å². The van der Waals surface area contributed by atoms with Crippen LogP contribution in [0, 0.1) is 17.0 Å². The maximum absolute atomic E-state index is 12.6. The second-order valence-corrected chi connectivity index (χ2v) is 8.47. The number of hydrogen-bond acceptors (Lipinski definition) is 5.